The molecule has 7 aromatic carbocycles. The van der Waals surface area contributed by atoms with E-state index in [4.69, 9.17) is 0 Å². The molecule has 7 aromatic rings. The van der Waals surface area contributed by atoms with E-state index in [0.29, 0.717) is 0 Å². The van der Waals surface area contributed by atoms with Crippen molar-refractivity contribution >= 4 is 17.1 Å². The lowest BCUT2D eigenvalue weighted by atomic mass is 9.68. The summed E-state index contributed by atoms with van der Waals surface area (Å²) in [6, 6.07) is 64.7. The Kier molecular flexibility index (Phi) is 7.47. The van der Waals surface area contributed by atoms with Crippen molar-refractivity contribution in [1.82, 2.24) is 0 Å². The molecule has 0 atom stereocenters. The number of rotatable bonds is 6. The summed E-state index contributed by atoms with van der Waals surface area (Å²) in [6.07, 6.45) is 6.35. The summed E-state index contributed by atoms with van der Waals surface area (Å²) in [7, 11) is 0. The number of nitrogens with zero attached hydrogens (tertiary/aromatic N) is 1. The molecule has 0 saturated heterocycles. The van der Waals surface area contributed by atoms with Crippen LogP contribution in [0.1, 0.15) is 43.2 Å². The van der Waals surface area contributed by atoms with E-state index < -0.39 is 0 Å². The van der Waals surface area contributed by atoms with Gasteiger partial charge in [-0.05, 0) is 105 Å². The van der Waals surface area contributed by atoms with Crippen molar-refractivity contribution in [1.29, 1.82) is 0 Å². The summed E-state index contributed by atoms with van der Waals surface area (Å²) in [4.78, 5) is 2.45. The monoisotopic (exact) mass is 629 g/mol. The molecular formula is C48H39N. The highest BCUT2D eigenvalue weighted by atomic mass is 15.1. The first-order chi connectivity index (χ1) is 24.3. The predicted molar refractivity (Wildman–Crippen MR) is 207 cm³/mol. The fraction of sp³-hybridized carbons (Fsp3) is 0.125. The van der Waals surface area contributed by atoms with Gasteiger partial charge in [-0.25, -0.2) is 0 Å². The van der Waals surface area contributed by atoms with Crippen molar-refractivity contribution in [3.8, 4) is 44.5 Å². The van der Waals surface area contributed by atoms with Crippen LogP contribution in [0.25, 0.3) is 44.5 Å². The van der Waals surface area contributed by atoms with Crippen molar-refractivity contribution in [3.63, 3.8) is 0 Å². The molecule has 0 bridgehead atoms. The SMILES string of the molecule is c1ccc(-c2ccc(N(c3ccc(-c4ccccc4-c4ccccc4)cc3)c3ccc4c(c3)C3(CCCCC3)c3ccccc3-4)cc2)cc1. The number of benzene rings is 7. The molecule has 0 aliphatic heterocycles. The Balaban J connectivity index is 1.16. The second-order valence-corrected chi connectivity index (χ2v) is 13.6. The third-order valence-corrected chi connectivity index (χ3v) is 10.9. The maximum absolute atomic E-state index is 2.52. The Hall–Kier alpha value is -5.66. The lowest BCUT2D eigenvalue weighted by Gasteiger charge is -2.36. The molecule has 236 valence electrons. The van der Waals surface area contributed by atoms with Gasteiger partial charge in [0, 0.05) is 22.5 Å². The van der Waals surface area contributed by atoms with Crippen LogP contribution in [0.2, 0.25) is 0 Å². The third kappa shape index (κ3) is 5.18. The molecule has 0 radical (unpaired) electrons. The van der Waals surface area contributed by atoms with Crippen LogP contribution >= 0.6 is 0 Å². The zero-order valence-corrected chi connectivity index (χ0v) is 27.7. The second kappa shape index (κ2) is 12.4. The molecule has 2 aliphatic carbocycles. The van der Waals surface area contributed by atoms with Gasteiger partial charge in [0.25, 0.3) is 0 Å². The number of anilines is 3. The molecule has 0 aromatic heterocycles. The minimum absolute atomic E-state index is 0.105. The maximum Gasteiger partial charge on any atom is 0.0465 e. The van der Waals surface area contributed by atoms with E-state index >= 15 is 0 Å². The first kappa shape index (κ1) is 29.5. The highest BCUT2D eigenvalue weighted by Crippen LogP contribution is 2.56. The molecule has 49 heavy (non-hydrogen) atoms. The van der Waals surface area contributed by atoms with Gasteiger partial charge in [0.15, 0.2) is 0 Å². The Bertz CT molecular complexity index is 2230. The van der Waals surface area contributed by atoms with Gasteiger partial charge >= 0.3 is 0 Å². The first-order valence-corrected chi connectivity index (χ1v) is 17.7. The van der Waals surface area contributed by atoms with E-state index in [9.17, 15) is 0 Å². The minimum atomic E-state index is 0.105. The summed E-state index contributed by atoms with van der Waals surface area (Å²) < 4.78 is 0. The summed E-state index contributed by atoms with van der Waals surface area (Å²) in [5.41, 5.74) is 16.9. The molecule has 1 fully saturated rings. The quantitative estimate of drug-likeness (QED) is 0.177. The summed E-state index contributed by atoms with van der Waals surface area (Å²) >= 11 is 0. The van der Waals surface area contributed by atoms with Crippen LogP contribution in [-0.2, 0) is 5.41 Å². The summed E-state index contributed by atoms with van der Waals surface area (Å²) in [6.45, 7) is 0. The molecule has 2 aliphatic rings. The molecule has 0 unspecified atom stereocenters. The summed E-state index contributed by atoms with van der Waals surface area (Å²) in [5, 5.41) is 0. The molecule has 1 nitrogen and oxygen atoms in total. The third-order valence-electron chi connectivity index (χ3n) is 10.9. The molecular weight excluding hydrogens is 591 g/mol. The van der Waals surface area contributed by atoms with Crippen LogP contribution in [-0.4, -0.2) is 0 Å². The molecule has 0 amide bonds. The zero-order chi connectivity index (χ0) is 32.6. The summed E-state index contributed by atoms with van der Waals surface area (Å²) in [5.74, 6) is 0. The Morgan fingerprint density at radius 2 is 0.776 bits per heavy atom. The highest BCUT2D eigenvalue weighted by Gasteiger charge is 2.43. The second-order valence-electron chi connectivity index (χ2n) is 13.6. The van der Waals surface area contributed by atoms with Gasteiger partial charge < -0.3 is 4.90 Å². The molecule has 1 spiro atoms. The van der Waals surface area contributed by atoms with E-state index in [-0.39, 0.29) is 5.41 Å². The van der Waals surface area contributed by atoms with Crippen molar-refractivity contribution in [2.45, 2.75) is 37.5 Å². The van der Waals surface area contributed by atoms with Gasteiger partial charge in [-0.3, -0.25) is 0 Å². The van der Waals surface area contributed by atoms with E-state index in [0.717, 1.165) is 11.4 Å². The van der Waals surface area contributed by atoms with Crippen molar-refractivity contribution in [2.24, 2.45) is 0 Å². The van der Waals surface area contributed by atoms with Gasteiger partial charge in [-0.2, -0.15) is 0 Å². The van der Waals surface area contributed by atoms with E-state index in [1.807, 2.05) is 0 Å². The van der Waals surface area contributed by atoms with Gasteiger partial charge in [-0.15, -0.1) is 0 Å². The average molecular weight is 630 g/mol. The largest absolute Gasteiger partial charge is 0.310 e. The van der Waals surface area contributed by atoms with Crippen LogP contribution in [0, 0.1) is 0 Å². The Morgan fingerprint density at radius 1 is 0.327 bits per heavy atom. The maximum atomic E-state index is 2.52. The van der Waals surface area contributed by atoms with Crippen LogP contribution in [0.4, 0.5) is 17.1 Å². The van der Waals surface area contributed by atoms with Gasteiger partial charge in [-0.1, -0.05) is 159 Å². The van der Waals surface area contributed by atoms with E-state index in [2.05, 4.69) is 181 Å². The number of fused-ring (bicyclic) bond motifs is 5. The lowest BCUT2D eigenvalue weighted by molar-refractivity contribution is 0.353. The van der Waals surface area contributed by atoms with Crippen LogP contribution in [0.15, 0.2) is 176 Å². The molecule has 1 heteroatoms. The predicted octanol–water partition coefficient (Wildman–Crippen LogP) is 13.4. The Morgan fingerprint density at radius 3 is 1.41 bits per heavy atom. The fourth-order valence-electron chi connectivity index (χ4n) is 8.55. The highest BCUT2D eigenvalue weighted by molar-refractivity contribution is 5.88. The smallest absolute Gasteiger partial charge is 0.0465 e. The lowest BCUT2D eigenvalue weighted by Crippen LogP contribution is -2.28. The normalized spacial score (nSPS) is 14.3. The van der Waals surface area contributed by atoms with Gasteiger partial charge in [0.1, 0.15) is 0 Å². The standard InChI is InChI=1S/C48H39N/c1-4-14-35(15-5-1)36-22-26-39(27-23-36)49(40-28-24-38(25-29-40)43-19-9-8-18-42(43)37-16-6-2-7-17-37)41-30-31-45-44-20-10-11-21-46(44)48(47(45)34-41)32-12-3-13-33-48/h1-2,4-11,14-31,34H,3,12-13,32-33H2. The van der Waals surface area contributed by atoms with Crippen molar-refractivity contribution in [3.05, 3.63) is 187 Å². The topological polar surface area (TPSA) is 3.24 Å². The van der Waals surface area contributed by atoms with Crippen molar-refractivity contribution < 1.29 is 0 Å². The fourth-order valence-corrected chi connectivity index (χ4v) is 8.55. The Labute approximate surface area is 290 Å². The zero-order valence-electron chi connectivity index (χ0n) is 27.7. The molecule has 0 heterocycles. The number of hydrogen-bond acceptors (Lipinski definition) is 1. The van der Waals surface area contributed by atoms with Crippen molar-refractivity contribution in [2.75, 3.05) is 4.90 Å². The number of hydrogen-bond donors (Lipinski definition) is 0. The van der Waals surface area contributed by atoms with Gasteiger partial charge in [0.05, 0.1) is 0 Å². The minimum Gasteiger partial charge on any atom is -0.310 e. The van der Waals surface area contributed by atoms with Crippen LogP contribution in [0.5, 0.6) is 0 Å². The first-order valence-electron chi connectivity index (χ1n) is 17.7. The van der Waals surface area contributed by atoms with Crippen LogP contribution < -0.4 is 4.90 Å². The van der Waals surface area contributed by atoms with E-state index in [1.54, 1.807) is 0 Å². The average Bonchev–Trinajstić information content (AvgIpc) is 3.44. The van der Waals surface area contributed by atoms with E-state index in [1.165, 1.54) is 93.4 Å². The van der Waals surface area contributed by atoms with Crippen LogP contribution in [0.3, 0.4) is 0 Å². The molecule has 9 rings (SSSR count). The molecule has 1 saturated carbocycles. The molecule has 0 N–H and O–H groups in total. The van der Waals surface area contributed by atoms with Gasteiger partial charge in [0.2, 0.25) is 0 Å².